The third kappa shape index (κ3) is 5.80. The van der Waals surface area contributed by atoms with E-state index in [2.05, 4.69) is 4.90 Å². The lowest BCUT2D eigenvalue weighted by Crippen LogP contribution is -2.38. The highest BCUT2D eigenvalue weighted by molar-refractivity contribution is 4.72. The predicted octanol–water partition coefficient (Wildman–Crippen LogP) is 0.853. The van der Waals surface area contributed by atoms with E-state index in [4.69, 9.17) is 15.2 Å². The summed E-state index contributed by atoms with van der Waals surface area (Å²) in [5, 5.41) is 0. The first kappa shape index (κ1) is 13.9. The highest BCUT2D eigenvalue weighted by Gasteiger charge is 2.18. The molecule has 4 nitrogen and oxygen atoms in total. The van der Waals surface area contributed by atoms with Crippen molar-refractivity contribution in [3.8, 4) is 0 Å². The Morgan fingerprint density at radius 1 is 1.25 bits per heavy atom. The number of likely N-dealkylation sites (tertiary alicyclic amines) is 1. The summed E-state index contributed by atoms with van der Waals surface area (Å²) in [4.78, 5) is 2.50. The van der Waals surface area contributed by atoms with E-state index in [1.165, 1.54) is 0 Å². The smallest absolute Gasteiger partial charge is 0.0600 e. The third-order valence-corrected chi connectivity index (χ3v) is 2.97. The SMILES string of the molecule is CCOCCCN1CCC(OCCN)CC1. The molecule has 0 aromatic rings. The van der Waals surface area contributed by atoms with Crippen molar-refractivity contribution in [2.24, 2.45) is 5.73 Å². The first-order chi connectivity index (χ1) is 7.86. The number of nitrogens with zero attached hydrogens (tertiary/aromatic N) is 1. The van der Waals surface area contributed by atoms with Gasteiger partial charge in [0, 0.05) is 39.4 Å². The molecule has 0 aliphatic carbocycles. The van der Waals surface area contributed by atoms with Crippen molar-refractivity contribution >= 4 is 0 Å². The van der Waals surface area contributed by atoms with E-state index in [9.17, 15) is 0 Å². The molecule has 0 radical (unpaired) electrons. The van der Waals surface area contributed by atoms with E-state index >= 15 is 0 Å². The van der Waals surface area contributed by atoms with Gasteiger partial charge in [-0.3, -0.25) is 0 Å². The quantitative estimate of drug-likeness (QED) is 0.628. The van der Waals surface area contributed by atoms with Crippen LogP contribution in [0.2, 0.25) is 0 Å². The molecule has 96 valence electrons. The second-order valence-electron chi connectivity index (χ2n) is 4.25. The largest absolute Gasteiger partial charge is 0.382 e. The molecule has 1 rings (SSSR count). The molecular formula is C12H26N2O2. The molecule has 1 saturated heterocycles. The van der Waals surface area contributed by atoms with Crippen molar-refractivity contribution < 1.29 is 9.47 Å². The summed E-state index contributed by atoms with van der Waals surface area (Å²) in [5.41, 5.74) is 5.42. The Bertz CT molecular complexity index is 159. The lowest BCUT2D eigenvalue weighted by atomic mass is 10.1. The van der Waals surface area contributed by atoms with Gasteiger partial charge in [0.2, 0.25) is 0 Å². The fourth-order valence-corrected chi connectivity index (χ4v) is 2.07. The van der Waals surface area contributed by atoms with E-state index in [-0.39, 0.29) is 0 Å². The average molecular weight is 230 g/mol. The van der Waals surface area contributed by atoms with Crippen LogP contribution in [0.4, 0.5) is 0 Å². The average Bonchev–Trinajstić information content (AvgIpc) is 2.33. The summed E-state index contributed by atoms with van der Waals surface area (Å²) in [6.07, 6.45) is 3.87. The molecule has 1 heterocycles. The summed E-state index contributed by atoms with van der Waals surface area (Å²) in [7, 11) is 0. The summed E-state index contributed by atoms with van der Waals surface area (Å²) < 4.78 is 11.0. The van der Waals surface area contributed by atoms with Crippen molar-refractivity contribution in [1.29, 1.82) is 0 Å². The zero-order valence-corrected chi connectivity index (χ0v) is 10.5. The Morgan fingerprint density at radius 3 is 2.62 bits per heavy atom. The molecule has 0 saturated carbocycles. The number of hydrogen-bond acceptors (Lipinski definition) is 4. The molecule has 1 fully saturated rings. The van der Waals surface area contributed by atoms with Gasteiger partial charge in [-0.05, 0) is 26.2 Å². The van der Waals surface area contributed by atoms with Crippen molar-refractivity contribution in [2.45, 2.75) is 32.3 Å². The Kier molecular flexibility index (Phi) is 7.76. The molecule has 2 N–H and O–H groups in total. The van der Waals surface area contributed by atoms with Crippen LogP contribution in [0.25, 0.3) is 0 Å². The minimum Gasteiger partial charge on any atom is -0.382 e. The second-order valence-corrected chi connectivity index (χ2v) is 4.25. The van der Waals surface area contributed by atoms with Crippen molar-refractivity contribution in [3.05, 3.63) is 0 Å². The second kappa shape index (κ2) is 8.93. The maximum absolute atomic E-state index is 5.65. The molecule has 0 aromatic carbocycles. The van der Waals surface area contributed by atoms with Gasteiger partial charge in [0.25, 0.3) is 0 Å². The Balaban J connectivity index is 1.98. The molecule has 4 heteroatoms. The zero-order chi connectivity index (χ0) is 11.6. The highest BCUT2D eigenvalue weighted by Crippen LogP contribution is 2.13. The van der Waals surface area contributed by atoms with E-state index < -0.39 is 0 Å². The Hall–Kier alpha value is -0.160. The molecule has 0 spiro atoms. The zero-order valence-electron chi connectivity index (χ0n) is 10.5. The van der Waals surface area contributed by atoms with Gasteiger partial charge in [-0.1, -0.05) is 0 Å². The van der Waals surface area contributed by atoms with Gasteiger partial charge in [0.05, 0.1) is 12.7 Å². The van der Waals surface area contributed by atoms with Crippen molar-refractivity contribution in [3.63, 3.8) is 0 Å². The summed E-state index contributed by atoms with van der Waals surface area (Å²) in [5.74, 6) is 0. The van der Waals surface area contributed by atoms with Gasteiger partial charge in [-0.2, -0.15) is 0 Å². The maximum Gasteiger partial charge on any atom is 0.0600 e. The van der Waals surface area contributed by atoms with E-state index in [0.29, 0.717) is 19.3 Å². The number of rotatable bonds is 8. The molecule has 0 aromatic heterocycles. The lowest BCUT2D eigenvalue weighted by molar-refractivity contribution is 0.00965. The van der Waals surface area contributed by atoms with Gasteiger partial charge in [0.1, 0.15) is 0 Å². The van der Waals surface area contributed by atoms with Crippen LogP contribution in [0, 0.1) is 0 Å². The normalized spacial score (nSPS) is 19.1. The van der Waals surface area contributed by atoms with E-state index in [1.54, 1.807) is 0 Å². The van der Waals surface area contributed by atoms with Crippen LogP contribution in [0.15, 0.2) is 0 Å². The Labute approximate surface area is 99.1 Å². The standard InChI is InChI=1S/C12H26N2O2/c1-2-15-10-3-7-14-8-4-12(5-9-14)16-11-6-13/h12H,2-11,13H2,1H3. The molecule has 0 atom stereocenters. The number of nitrogens with two attached hydrogens (primary N) is 1. The molecule has 0 bridgehead atoms. The van der Waals surface area contributed by atoms with Gasteiger partial charge >= 0.3 is 0 Å². The predicted molar refractivity (Wildman–Crippen MR) is 65.6 cm³/mol. The summed E-state index contributed by atoms with van der Waals surface area (Å²) >= 11 is 0. The topological polar surface area (TPSA) is 47.7 Å². The van der Waals surface area contributed by atoms with Crippen LogP contribution >= 0.6 is 0 Å². The minimum atomic E-state index is 0.437. The van der Waals surface area contributed by atoms with Crippen molar-refractivity contribution in [2.75, 3.05) is 46.0 Å². The number of piperidine rings is 1. The first-order valence-electron chi connectivity index (χ1n) is 6.48. The van der Waals surface area contributed by atoms with Crippen LogP contribution < -0.4 is 5.73 Å². The highest BCUT2D eigenvalue weighted by atomic mass is 16.5. The number of hydrogen-bond donors (Lipinski definition) is 1. The molecule has 1 aliphatic heterocycles. The van der Waals surface area contributed by atoms with E-state index in [0.717, 1.165) is 52.1 Å². The van der Waals surface area contributed by atoms with Crippen LogP contribution in [0.3, 0.4) is 0 Å². The maximum atomic E-state index is 5.65. The molecule has 1 aliphatic rings. The fourth-order valence-electron chi connectivity index (χ4n) is 2.07. The number of ether oxygens (including phenoxy) is 2. The monoisotopic (exact) mass is 230 g/mol. The summed E-state index contributed by atoms with van der Waals surface area (Å²) in [6.45, 7) is 8.56. The first-order valence-corrected chi connectivity index (χ1v) is 6.48. The van der Waals surface area contributed by atoms with Gasteiger partial charge in [-0.25, -0.2) is 0 Å². The van der Waals surface area contributed by atoms with Crippen LogP contribution in [-0.4, -0.2) is 57.0 Å². The van der Waals surface area contributed by atoms with Crippen LogP contribution in [0.5, 0.6) is 0 Å². The minimum absolute atomic E-state index is 0.437. The molecule has 16 heavy (non-hydrogen) atoms. The van der Waals surface area contributed by atoms with Gasteiger partial charge in [-0.15, -0.1) is 0 Å². The molecule has 0 amide bonds. The Morgan fingerprint density at radius 2 is 2.00 bits per heavy atom. The van der Waals surface area contributed by atoms with Crippen molar-refractivity contribution in [1.82, 2.24) is 4.90 Å². The molecule has 0 unspecified atom stereocenters. The molecular weight excluding hydrogens is 204 g/mol. The summed E-state index contributed by atoms with van der Waals surface area (Å²) in [6, 6.07) is 0. The third-order valence-electron chi connectivity index (χ3n) is 2.97. The fraction of sp³-hybridized carbons (Fsp3) is 1.00. The van der Waals surface area contributed by atoms with E-state index in [1.807, 2.05) is 6.92 Å². The van der Waals surface area contributed by atoms with Gasteiger partial charge < -0.3 is 20.1 Å². The van der Waals surface area contributed by atoms with Crippen LogP contribution in [0.1, 0.15) is 26.2 Å². The lowest BCUT2D eigenvalue weighted by Gasteiger charge is -2.31. The van der Waals surface area contributed by atoms with Crippen LogP contribution in [-0.2, 0) is 9.47 Å². The van der Waals surface area contributed by atoms with Gasteiger partial charge in [0.15, 0.2) is 0 Å².